The van der Waals surface area contributed by atoms with Gasteiger partial charge in [0, 0.05) is 11.6 Å². The van der Waals surface area contributed by atoms with Crippen LogP contribution in [0.1, 0.15) is 21.5 Å². The standard InChI is InChI=1S/C16H13NO3/c1-11-5-12(10-18)3-4-16(11)20-15-7-13(9-17)6-14(8-15)19-2/h3-8,10H,1-2H3. The highest BCUT2D eigenvalue weighted by molar-refractivity contribution is 5.75. The number of ether oxygens (including phenoxy) is 2. The van der Waals surface area contributed by atoms with Gasteiger partial charge in [0.25, 0.3) is 0 Å². The molecule has 0 spiro atoms. The normalized spacial score (nSPS) is 9.65. The highest BCUT2D eigenvalue weighted by Crippen LogP contribution is 2.29. The fraction of sp³-hybridized carbons (Fsp3) is 0.125. The van der Waals surface area contributed by atoms with E-state index in [2.05, 4.69) is 6.07 Å². The van der Waals surface area contributed by atoms with Gasteiger partial charge >= 0.3 is 0 Å². The molecule has 0 unspecified atom stereocenters. The summed E-state index contributed by atoms with van der Waals surface area (Å²) in [6.07, 6.45) is 0.788. The number of benzene rings is 2. The summed E-state index contributed by atoms with van der Waals surface area (Å²) >= 11 is 0. The van der Waals surface area contributed by atoms with Crippen LogP contribution < -0.4 is 9.47 Å². The zero-order valence-electron chi connectivity index (χ0n) is 11.2. The van der Waals surface area contributed by atoms with Crippen molar-refractivity contribution < 1.29 is 14.3 Å². The van der Waals surface area contributed by atoms with Crippen LogP contribution in [0.25, 0.3) is 0 Å². The van der Waals surface area contributed by atoms with E-state index in [1.165, 1.54) is 7.11 Å². The summed E-state index contributed by atoms with van der Waals surface area (Å²) in [6, 6.07) is 12.2. The molecule has 2 aromatic rings. The van der Waals surface area contributed by atoms with Crippen LogP contribution in [-0.2, 0) is 0 Å². The van der Waals surface area contributed by atoms with E-state index in [-0.39, 0.29) is 0 Å². The predicted molar refractivity (Wildman–Crippen MR) is 74.3 cm³/mol. The van der Waals surface area contributed by atoms with Crippen LogP contribution in [0.5, 0.6) is 17.2 Å². The molecular formula is C16H13NO3. The second kappa shape index (κ2) is 5.89. The van der Waals surface area contributed by atoms with Gasteiger partial charge in [0.2, 0.25) is 0 Å². The van der Waals surface area contributed by atoms with Gasteiger partial charge in [0.05, 0.1) is 18.7 Å². The lowest BCUT2D eigenvalue weighted by molar-refractivity contribution is 0.112. The number of rotatable bonds is 4. The number of methoxy groups -OCH3 is 1. The first kappa shape index (κ1) is 13.6. The van der Waals surface area contributed by atoms with Gasteiger partial charge in [-0.25, -0.2) is 0 Å². The third-order valence-corrected chi connectivity index (χ3v) is 2.81. The SMILES string of the molecule is COc1cc(C#N)cc(Oc2ccc(C=O)cc2C)c1. The summed E-state index contributed by atoms with van der Waals surface area (Å²) < 4.78 is 10.9. The molecule has 20 heavy (non-hydrogen) atoms. The number of carbonyl (C=O) groups excluding carboxylic acids is 1. The van der Waals surface area contributed by atoms with Crippen LogP contribution in [0.4, 0.5) is 0 Å². The third-order valence-electron chi connectivity index (χ3n) is 2.81. The molecule has 2 rings (SSSR count). The molecule has 0 heterocycles. The maximum absolute atomic E-state index is 10.7. The van der Waals surface area contributed by atoms with Crippen LogP contribution in [0.3, 0.4) is 0 Å². The largest absolute Gasteiger partial charge is 0.497 e. The summed E-state index contributed by atoms with van der Waals surface area (Å²) in [5.74, 6) is 1.71. The Kier molecular flexibility index (Phi) is 4.02. The summed E-state index contributed by atoms with van der Waals surface area (Å²) in [5, 5.41) is 8.97. The van der Waals surface area contributed by atoms with E-state index in [1.807, 2.05) is 6.92 Å². The van der Waals surface area contributed by atoms with Crippen LogP contribution in [0.2, 0.25) is 0 Å². The number of aldehydes is 1. The monoisotopic (exact) mass is 267 g/mol. The lowest BCUT2D eigenvalue weighted by Crippen LogP contribution is -1.92. The summed E-state index contributed by atoms with van der Waals surface area (Å²) in [4.78, 5) is 10.7. The van der Waals surface area contributed by atoms with E-state index in [0.29, 0.717) is 28.4 Å². The van der Waals surface area contributed by atoms with E-state index >= 15 is 0 Å². The maximum Gasteiger partial charge on any atom is 0.150 e. The van der Waals surface area contributed by atoms with Crippen molar-refractivity contribution in [2.24, 2.45) is 0 Å². The van der Waals surface area contributed by atoms with E-state index in [0.717, 1.165) is 11.8 Å². The van der Waals surface area contributed by atoms with Crippen molar-refractivity contribution in [2.75, 3.05) is 7.11 Å². The molecule has 0 aliphatic heterocycles. The van der Waals surface area contributed by atoms with E-state index < -0.39 is 0 Å². The van der Waals surface area contributed by atoms with Gasteiger partial charge in [-0.2, -0.15) is 5.26 Å². The highest BCUT2D eigenvalue weighted by Gasteiger charge is 2.06. The number of nitrogens with zero attached hydrogens (tertiary/aromatic N) is 1. The molecule has 0 radical (unpaired) electrons. The van der Waals surface area contributed by atoms with Gasteiger partial charge in [-0.1, -0.05) is 0 Å². The average Bonchev–Trinajstić information content (AvgIpc) is 2.48. The number of nitriles is 1. The van der Waals surface area contributed by atoms with E-state index in [9.17, 15) is 4.79 Å². The van der Waals surface area contributed by atoms with Crippen LogP contribution in [0.15, 0.2) is 36.4 Å². The van der Waals surface area contributed by atoms with Gasteiger partial charge in [-0.05, 0) is 42.8 Å². The Balaban J connectivity index is 2.34. The average molecular weight is 267 g/mol. The molecule has 0 atom stereocenters. The van der Waals surface area contributed by atoms with E-state index in [4.69, 9.17) is 14.7 Å². The number of hydrogen-bond acceptors (Lipinski definition) is 4. The first-order chi connectivity index (χ1) is 9.66. The molecule has 4 heteroatoms. The molecule has 0 aromatic heterocycles. The Labute approximate surface area is 117 Å². The second-order valence-electron chi connectivity index (χ2n) is 4.25. The third kappa shape index (κ3) is 2.96. The van der Waals surface area contributed by atoms with Crippen LogP contribution in [-0.4, -0.2) is 13.4 Å². The number of carbonyl (C=O) groups is 1. The van der Waals surface area contributed by atoms with Gasteiger partial charge in [-0.15, -0.1) is 0 Å². The summed E-state index contributed by atoms with van der Waals surface area (Å²) in [6.45, 7) is 1.85. The van der Waals surface area contributed by atoms with Crippen molar-refractivity contribution in [2.45, 2.75) is 6.92 Å². The smallest absolute Gasteiger partial charge is 0.150 e. The number of hydrogen-bond donors (Lipinski definition) is 0. The highest BCUT2D eigenvalue weighted by atomic mass is 16.5. The minimum atomic E-state index is 0.460. The molecular weight excluding hydrogens is 254 g/mol. The number of aryl methyl sites for hydroxylation is 1. The topological polar surface area (TPSA) is 59.3 Å². The lowest BCUT2D eigenvalue weighted by atomic mass is 10.1. The fourth-order valence-electron chi connectivity index (χ4n) is 1.80. The molecule has 0 fully saturated rings. The Hall–Kier alpha value is -2.80. The van der Waals surface area contributed by atoms with Crippen molar-refractivity contribution >= 4 is 6.29 Å². The van der Waals surface area contributed by atoms with Gasteiger partial charge in [0.1, 0.15) is 23.5 Å². The Morgan fingerprint density at radius 1 is 1.15 bits per heavy atom. The first-order valence-corrected chi connectivity index (χ1v) is 5.99. The molecule has 0 aliphatic rings. The lowest BCUT2D eigenvalue weighted by Gasteiger charge is -2.10. The van der Waals surface area contributed by atoms with Crippen molar-refractivity contribution in [3.8, 4) is 23.3 Å². The maximum atomic E-state index is 10.7. The van der Waals surface area contributed by atoms with Gasteiger partial charge in [-0.3, -0.25) is 4.79 Å². The fourth-order valence-corrected chi connectivity index (χ4v) is 1.80. The molecule has 0 N–H and O–H groups in total. The van der Waals surface area contributed by atoms with Crippen molar-refractivity contribution in [3.05, 3.63) is 53.1 Å². The minimum absolute atomic E-state index is 0.460. The Bertz CT molecular complexity index is 687. The van der Waals surface area contributed by atoms with E-state index in [1.54, 1.807) is 36.4 Å². The predicted octanol–water partition coefficient (Wildman–Crippen LogP) is 3.48. The van der Waals surface area contributed by atoms with Crippen LogP contribution >= 0.6 is 0 Å². The van der Waals surface area contributed by atoms with Crippen molar-refractivity contribution in [3.63, 3.8) is 0 Å². The first-order valence-electron chi connectivity index (χ1n) is 5.99. The molecule has 2 aromatic carbocycles. The second-order valence-corrected chi connectivity index (χ2v) is 4.25. The quantitative estimate of drug-likeness (QED) is 0.796. The molecule has 4 nitrogen and oxygen atoms in total. The summed E-state index contributed by atoms with van der Waals surface area (Å²) in [7, 11) is 1.53. The summed E-state index contributed by atoms with van der Waals surface area (Å²) in [5.41, 5.74) is 1.90. The zero-order chi connectivity index (χ0) is 14.5. The molecule has 0 saturated heterocycles. The van der Waals surface area contributed by atoms with Crippen molar-refractivity contribution in [1.82, 2.24) is 0 Å². The van der Waals surface area contributed by atoms with Crippen molar-refractivity contribution in [1.29, 1.82) is 5.26 Å². The molecule has 0 bridgehead atoms. The Morgan fingerprint density at radius 3 is 2.50 bits per heavy atom. The van der Waals surface area contributed by atoms with Crippen LogP contribution in [0, 0.1) is 18.3 Å². The molecule has 0 saturated carbocycles. The zero-order valence-corrected chi connectivity index (χ0v) is 11.2. The molecule has 100 valence electrons. The molecule has 0 amide bonds. The Morgan fingerprint density at radius 2 is 1.90 bits per heavy atom. The molecule has 0 aliphatic carbocycles. The van der Waals surface area contributed by atoms with Gasteiger partial charge in [0.15, 0.2) is 0 Å². The minimum Gasteiger partial charge on any atom is -0.497 e. The van der Waals surface area contributed by atoms with Gasteiger partial charge < -0.3 is 9.47 Å².